The van der Waals surface area contributed by atoms with Gasteiger partial charge in [-0.05, 0) is 31.2 Å². The second-order valence-corrected chi connectivity index (χ2v) is 5.19. The molecule has 0 radical (unpaired) electrons. The number of aromatic amines is 1. The summed E-state index contributed by atoms with van der Waals surface area (Å²) in [4.78, 5) is 0. The second-order valence-electron chi connectivity index (χ2n) is 5.19. The number of hydrogen-bond donors (Lipinski definition) is 2. The molecule has 2 rings (SSSR count). The van der Waals surface area contributed by atoms with E-state index in [1.54, 1.807) is 0 Å². The number of aromatic nitrogens is 2. The van der Waals surface area contributed by atoms with E-state index in [1.165, 1.54) is 23.4 Å². The number of nitrogens with two attached hydrogens (primary N) is 1. The van der Waals surface area contributed by atoms with Gasteiger partial charge in [-0.1, -0.05) is 20.8 Å². The van der Waals surface area contributed by atoms with E-state index in [0.717, 1.165) is 19.4 Å². The molecular weight excluding hydrogens is 186 g/mol. The maximum absolute atomic E-state index is 5.93. The first-order chi connectivity index (χ1) is 7.10. The molecule has 1 aromatic rings. The van der Waals surface area contributed by atoms with Crippen LogP contribution in [0.25, 0.3) is 0 Å². The third-order valence-electron chi connectivity index (χ3n) is 3.84. The third kappa shape index (κ3) is 1.59. The van der Waals surface area contributed by atoms with Gasteiger partial charge in [0, 0.05) is 17.2 Å². The van der Waals surface area contributed by atoms with Gasteiger partial charge in [0.15, 0.2) is 0 Å². The molecule has 3 N–H and O–H groups in total. The van der Waals surface area contributed by atoms with Crippen molar-refractivity contribution < 1.29 is 0 Å². The van der Waals surface area contributed by atoms with E-state index in [2.05, 4.69) is 31.0 Å². The molecule has 84 valence electrons. The normalized spacial score (nSPS) is 23.9. The first-order valence-electron chi connectivity index (χ1n) is 5.86. The minimum atomic E-state index is 0.315. The smallest absolute Gasteiger partial charge is 0.0657 e. The van der Waals surface area contributed by atoms with Gasteiger partial charge in [0.25, 0.3) is 0 Å². The van der Waals surface area contributed by atoms with Crippen LogP contribution in [-0.4, -0.2) is 16.7 Å². The van der Waals surface area contributed by atoms with Gasteiger partial charge < -0.3 is 5.73 Å². The Balaban J connectivity index is 2.47. The molecule has 0 aliphatic heterocycles. The number of H-pyrrole nitrogens is 1. The summed E-state index contributed by atoms with van der Waals surface area (Å²) < 4.78 is 0. The van der Waals surface area contributed by atoms with Crippen molar-refractivity contribution in [2.75, 3.05) is 6.54 Å². The topological polar surface area (TPSA) is 54.7 Å². The number of fused-ring (bicyclic) bond motifs is 1. The fraction of sp³-hybridized carbons (Fsp3) is 0.750. The van der Waals surface area contributed by atoms with Crippen LogP contribution >= 0.6 is 0 Å². The average Bonchev–Trinajstić information content (AvgIpc) is 2.59. The SMILES string of the molecule is CCc1n[nH]c2c1C(CN)C(C)(C)CC2. The minimum absolute atomic E-state index is 0.315. The van der Waals surface area contributed by atoms with Crippen molar-refractivity contribution in [1.82, 2.24) is 10.2 Å². The molecule has 0 amide bonds. The second kappa shape index (κ2) is 3.63. The van der Waals surface area contributed by atoms with E-state index >= 15 is 0 Å². The van der Waals surface area contributed by atoms with Crippen molar-refractivity contribution in [3.8, 4) is 0 Å². The molecule has 0 bridgehead atoms. The van der Waals surface area contributed by atoms with Crippen molar-refractivity contribution >= 4 is 0 Å². The summed E-state index contributed by atoms with van der Waals surface area (Å²) in [5.41, 5.74) is 10.2. The standard InChI is InChI=1S/C12H21N3/c1-4-9-11-8(7-13)12(2,3)6-5-10(11)15-14-9/h8H,4-7,13H2,1-3H3,(H,14,15). The van der Waals surface area contributed by atoms with Gasteiger partial charge in [-0.3, -0.25) is 5.10 Å². The Morgan fingerprint density at radius 2 is 2.27 bits per heavy atom. The summed E-state index contributed by atoms with van der Waals surface area (Å²) in [5.74, 6) is 0.468. The predicted octanol–water partition coefficient (Wildman–Crippen LogP) is 1.99. The van der Waals surface area contributed by atoms with Crippen molar-refractivity contribution in [1.29, 1.82) is 0 Å². The maximum Gasteiger partial charge on any atom is 0.0657 e. The Morgan fingerprint density at radius 1 is 1.53 bits per heavy atom. The fourth-order valence-electron chi connectivity index (χ4n) is 2.75. The monoisotopic (exact) mass is 207 g/mol. The van der Waals surface area contributed by atoms with Gasteiger partial charge in [-0.15, -0.1) is 0 Å². The largest absolute Gasteiger partial charge is 0.330 e. The highest BCUT2D eigenvalue weighted by atomic mass is 15.1. The molecule has 1 aliphatic carbocycles. The van der Waals surface area contributed by atoms with E-state index in [9.17, 15) is 0 Å². The molecule has 0 saturated carbocycles. The average molecular weight is 207 g/mol. The first kappa shape index (κ1) is 10.7. The fourth-order valence-corrected chi connectivity index (χ4v) is 2.75. The molecule has 0 spiro atoms. The molecule has 3 nitrogen and oxygen atoms in total. The number of nitrogens with zero attached hydrogens (tertiary/aromatic N) is 1. The van der Waals surface area contributed by atoms with Crippen molar-refractivity contribution in [2.24, 2.45) is 11.1 Å². The zero-order chi connectivity index (χ0) is 11.1. The molecule has 1 aliphatic rings. The van der Waals surface area contributed by atoms with E-state index in [4.69, 9.17) is 5.73 Å². The molecule has 1 aromatic heterocycles. The molecule has 15 heavy (non-hydrogen) atoms. The van der Waals surface area contributed by atoms with Crippen LogP contribution < -0.4 is 5.73 Å². The molecular formula is C12H21N3. The molecule has 1 heterocycles. The lowest BCUT2D eigenvalue weighted by Gasteiger charge is -2.38. The van der Waals surface area contributed by atoms with E-state index in [-0.39, 0.29) is 0 Å². The van der Waals surface area contributed by atoms with Gasteiger partial charge in [-0.2, -0.15) is 5.10 Å². The summed E-state index contributed by atoms with van der Waals surface area (Å²) >= 11 is 0. The van der Waals surface area contributed by atoms with Gasteiger partial charge in [0.1, 0.15) is 0 Å². The molecule has 3 heteroatoms. The highest BCUT2D eigenvalue weighted by Gasteiger charge is 2.37. The lowest BCUT2D eigenvalue weighted by molar-refractivity contribution is 0.247. The highest BCUT2D eigenvalue weighted by molar-refractivity contribution is 5.34. The summed E-state index contributed by atoms with van der Waals surface area (Å²) in [6.45, 7) is 7.53. The zero-order valence-corrected chi connectivity index (χ0v) is 9.93. The Kier molecular flexibility index (Phi) is 2.59. The van der Waals surface area contributed by atoms with Crippen LogP contribution in [0.1, 0.15) is 50.1 Å². The Morgan fingerprint density at radius 3 is 2.87 bits per heavy atom. The summed E-state index contributed by atoms with van der Waals surface area (Å²) in [5, 5.41) is 7.57. The summed E-state index contributed by atoms with van der Waals surface area (Å²) in [6.07, 6.45) is 3.32. The van der Waals surface area contributed by atoms with Crippen LogP contribution in [0.2, 0.25) is 0 Å². The van der Waals surface area contributed by atoms with E-state index in [1.807, 2.05) is 0 Å². The summed E-state index contributed by atoms with van der Waals surface area (Å²) in [6, 6.07) is 0. The third-order valence-corrected chi connectivity index (χ3v) is 3.84. The van der Waals surface area contributed by atoms with Gasteiger partial charge >= 0.3 is 0 Å². The number of aryl methyl sites for hydroxylation is 2. The number of nitrogens with one attached hydrogen (secondary N) is 1. The number of hydrogen-bond acceptors (Lipinski definition) is 2. The quantitative estimate of drug-likeness (QED) is 0.779. The van der Waals surface area contributed by atoms with Crippen LogP contribution in [-0.2, 0) is 12.8 Å². The number of rotatable bonds is 2. The lowest BCUT2D eigenvalue weighted by Crippen LogP contribution is -2.33. The van der Waals surface area contributed by atoms with Crippen molar-refractivity contribution in [3.63, 3.8) is 0 Å². The Bertz CT molecular complexity index is 338. The van der Waals surface area contributed by atoms with Gasteiger partial charge in [0.2, 0.25) is 0 Å². The molecule has 1 atom stereocenters. The van der Waals surface area contributed by atoms with Crippen LogP contribution in [0, 0.1) is 5.41 Å². The molecule has 0 aromatic carbocycles. The van der Waals surface area contributed by atoms with Gasteiger partial charge in [-0.25, -0.2) is 0 Å². The zero-order valence-electron chi connectivity index (χ0n) is 9.93. The highest BCUT2D eigenvalue weighted by Crippen LogP contribution is 2.45. The van der Waals surface area contributed by atoms with Crippen molar-refractivity contribution in [3.05, 3.63) is 17.0 Å². The van der Waals surface area contributed by atoms with E-state index < -0.39 is 0 Å². The van der Waals surface area contributed by atoms with E-state index in [0.29, 0.717) is 11.3 Å². The first-order valence-corrected chi connectivity index (χ1v) is 5.86. The van der Waals surface area contributed by atoms with Crippen molar-refractivity contribution in [2.45, 2.75) is 46.0 Å². The molecule has 0 fully saturated rings. The maximum atomic E-state index is 5.93. The lowest BCUT2D eigenvalue weighted by atomic mass is 9.67. The van der Waals surface area contributed by atoms with Crippen LogP contribution in [0.15, 0.2) is 0 Å². The molecule has 1 unspecified atom stereocenters. The minimum Gasteiger partial charge on any atom is -0.330 e. The predicted molar refractivity (Wildman–Crippen MR) is 61.9 cm³/mol. The Hall–Kier alpha value is -0.830. The Labute approximate surface area is 91.4 Å². The van der Waals surface area contributed by atoms with Gasteiger partial charge in [0.05, 0.1) is 5.69 Å². The van der Waals surface area contributed by atoms with Crippen LogP contribution in [0.4, 0.5) is 0 Å². The van der Waals surface area contributed by atoms with Crippen LogP contribution in [0.3, 0.4) is 0 Å². The van der Waals surface area contributed by atoms with Crippen LogP contribution in [0.5, 0.6) is 0 Å². The summed E-state index contributed by atoms with van der Waals surface area (Å²) in [7, 11) is 0. The molecule has 0 saturated heterocycles.